The SMILES string of the molecule is COc1ccc2[nH]c(=O)n(CC3CCS(=O)(=O)CC3)c2c1. The number of ether oxygens (including phenoxy) is 1. The van der Waals surface area contributed by atoms with Gasteiger partial charge in [-0.1, -0.05) is 0 Å². The lowest BCUT2D eigenvalue weighted by Gasteiger charge is -2.22. The average Bonchev–Trinajstić information content (AvgIpc) is 2.76. The molecule has 114 valence electrons. The highest BCUT2D eigenvalue weighted by atomic mass is 32.2. The summed E-state index contributed by atoms with van der Waals surface area (Å²) < 4.78 is 29.8. The predicted molar refractivity (Wildman–Crippen MR) is 80.5 cm³/mol. The summed E-state index contributed by atoms with van der Waals surface area (Å²) in [6.45, 7) is 0.543. The number of H-pyrrole nitrogens is 1. The third kappa shape index (κ3) is 2.83. The number of rotatable bonds is 3. The molecule has 7 heteroatoms. The van der Waals surface area contributed by atoms with Gasteiger partial charge in [-0.3, -0.25) is 4.57 Å². The maximum Gasteiger partial charge on any atom is 0.326 e. The van der Waals surface area contributed by atoms with E-state index in [9.17, 15) is 13.2 Å². The molecule has 1 N–H and O–H groups in total. The lowest BCUT2D eigenvalue weighted by atomic mass is 10.0. The predicted octanol–water partition coefficient (Wildman–Crippen LogP) is 1.16. The van der Waals surface area contributed by atoms with Crippen molar-refractivity contribution in [1.82, 2.24) is 9.55 Å². The Labute approximate surface area is 122 Å². The first-order valence-electron chi connectivity index (χ1n) is 6.95. The van der Waals surface area contributed by atoms with Crippen molar-refractivity contribution in [3.8, 4) is 5.75 Å². The van der Waals surface area contributed by atoms with E-state index in [-0.39, 0.29) is 23.1 Å². The van der Waals surface area contributed by atoms with Crippen molar-refractivity contribution in [2.45, 2.75) is 19.4 Å². The van der Waals surface area contributed by atoms with Crippen LogP contribution in [-0.2, 0) is 16.4 Å². The minimum Gasteiger partial charge on any atom is -0.497 e. The van der Waals surface area contributed by atoms with E-state index in [1.807, 2.05) is 12.1 Å². The molecule has 0 unspecified atom stereocenters. The van der Waals surface area contributed by atoms with Gasteiger partial charge >= 0.3 is 5.69 Å². The lowest BCUT2D eigenvalue weighted by Crippen LogP contribution is -2.29. The quantitative estimate of drug-likeness (QED) is 0.922. The zero-order chi connectivity index (χ0) is 15.0. The van der Waals surface area contributed by atoms with Crippen LogP contribution in [0.3, 0.4) is 0 Å². The molecule has 1 aromatic heterocycles. The molecule has 0 bridgehead atoms. The molecular formula is C14H18N2O4S. The summed E-state index contributed by atoms with van der Waals surface area (Å²) in [5.41, 5.74) is 1.41. The maximum atomic E-state index is 12.1. The highest BCUT2D eigenvalue weighted by Crippen LogP contribution is 2.23. The van der Waals surface area contributed by atoms with Gasteiger partial charge in [0.05, 0.1) is 29.6 Å². The Bertz CT molecular complexity index is 805. The second kappa shape index (κ2) is 5.22. The Morgan fingerprint density at radius 3 is 2.71 bits per heavy atom. The first-order valence-corrected chi connectivity index (χ1v) is 8.77. The number of imidazole rings is 1. The fraction of sp³-hybridized carbons (Fsp3) is 0.500. The van der Waals surface area contributed by atoms with Crippen LogP contribution in [0.25, 0.3) is 11.0 Å². The molecule has 1 saturated heterocycles. The van der Waals surface area contributed by atoms with E-state index >= 15 is 0 Å². The van der Waals surface area contributed by atoms with E-state index in [0.29, 0.717) is 25.1 Å². The van der Waals surface area contributed by atoms with Crippen LogP contribution in [0, 0.1) is 5.92 Å². The fourth-order valence-electron chi connectivity index (χ4n) is 2.82. The number of aromatic nitrogens is 2. The van der Waals surface area contributed by atoms with Crippen molar-refractivity contribution in [3.05, 3.63) is 28.7 Å². The van der Waals surface area contributed by atoms with E-state index in [4.69, 9.17) is 4.74 Å². The fourth-order valence-corrected chi connectivity index (χ4v) is 4.41. The van der Waals surface area contributed by atoms with Gasteiger partial charge in [0.2, 0.25) is 0 Å². The standard InChI is InChI=1S/C14H18N2O4S/c1-20-11-2-3-12-13(8-11)16(14(17)15-12)9-10-4-6-21(18,19)7-5-10/h2-3,8,10H,4-7,9H2,1H3,(H,15,17). The summed E-state index contributed by atoms with van der Waals surface area (Å²) >= 11 is 0. The Kier molecular flexibility index (Phi) is 3.52. The van der Waals surface area contributed by atoms with Crippen molar-refractivity contribution in [3.63, 3.8) is 0 Å². The van der Waals surface area contributed by atoms with E-state index in [2.05, 4.69) is 4.98 Å². The summed E-state index contributed by atoms with van der Waals surface area (Å²) in [6.07, 6.45) is 1.23. The summed E-state index contributed by atoms with van der Waals surface area (Å²) in [6, 6.07) is 5.44. The second-order valence-corrected chi connectivity index (χ2v) is 7.82. The van der Waals surface area contributed by atoms with Crippen LogP contribution in [0.1, 0.15) is 12.8 Å². The topological polar surface area (TPSA) is 81.2 Å². The molecule has 3 rings (SSSR count). The van der Waals surface area contributed by atoms with Gasteiger partial charge in [0, 0.05) is 12.6 Å². The first-order chi connectivity index (χ1) is 9.98. The monoisotopic (exact) mass is 310 g/mol. The van der Waals surface area contributed by atoms with Crippen molar-refractivity contribution < 1.29 is 13.2 Å². The molecule has 1 fully saturated rings. The van der Waals surface area contributed by atoms with E-state index in [1.54, 1.807) is 17.7 Å². The van der Waals surface area contributed by atoms with Crippen LogP contribution in [-0.4, -0.2) is 36.6 Å². The maximum absolute atomic E-state index is 12.1. The zero-order valence-electron chi connectivity index (χ0n) is 11.8. The van der Waals surface area contributed by atoms with Crippen LogP contribution < -0.4 is 10.4 Å². The van der Waals surface area contributed by atoms with Gasteiger partial charge in [0.1, 0.15) is 15.6 Å². The molecule has 21 heavy (non-hydrogen) atoms. The van der Waals surface area contributed by atoms with Gasteiger partial charge in [-0.25, -0.2) is 13.2 Å². The number of aromatic amines is 1. The summed E-state index contributed by atoms with van der Waals surface area (Å²) in [4.78, 5) is 14.9. The highest BCUT2D eigenvalue weighted by molar-refractivity contribution is 7.91. The van der Waals surface area contributed by atoms with E-state index in [0.717, 1.165) is 11.0 Å². The van der Waals surface area contributed by atoms with Gasteiger partial charge in [0.15, 0.2) is 0 Å². The first kappa shape index (κ1) is 14.2. The van der Waals surface area contributed by atoms with Crippen LogP contribution in [0.15, 0.2) is 23.0 Å². The molecule has 0 saturated carbocycles. The van der Waals surface area contributed by atoms with Crippen molar-refractivity contribution in [2.24, 2.45) is 5.92 Å². The number of nitrogens with zero attached hydrogens (tertiary/aromatic N) is 1. The molecule has 2 heterocycles. The number of methoxy groups -OCH3 is 1. The second-order valence-electron chi connectivity index (χ2n) is 5.52. The minimum atomic E-state index is -2.87. The number of nitrogens with one attached hydrogen (secondary N) is 1. The molecule has 0 radical (unpaired) electrons. The van der Waals surface area contributed by atoms with Gasteiger partial charge in [-0.15, -0.1) is 0 Å². The van der Waals surface area contributed by atoms with Gasteiger partial charge < -0.3 is 9.72 Å². The normalized spacial score (nSPS) is 18.9. The van der Waals surface area contributed by atoms with Crippen LogP contribution >= 0.6 is 0 Å². The van der Waals surface area contributed by atoms with Crippen molar-refractivity contribution >= 4 is 20.9 Å². The average molecular weight is 310 g/mol. The van der Waals surface area contributed by atoms with E-state index in [1.165, 1.54) is 0 Å². The molecule has 0 aliphatic carbocycles. The largest absolute Gasteiger partial charge is 0.497 e. The number of hydrogen-bond donors (Lipinski definition) is 1. The highest BCUT2D eigenvalue weighted by Gasteiger charge is 2.24. The number of hydrogen-bond acceptors (Lipinski definition) is 4. The van der Waals surface area contributed by atoms with Crippen LogP contribution in [0.2, 0.25) is 0 Å². The molecule has 0 atom stereocenters. The minimum absolute atomic E-state index is 0.160. The Morgan fingerprint density at radius 1 is 1.33 bits per heavy atom. The smallest absolute Gasteiger partial charge is 0.326 e. The van der Waals surface area contributed by atoms with Crippen LogP contribution in [0.4, 0.5) is 0 Å². The summed E-state index contributed by atoms with van der Waals surface area (Å²) in [5, 5.41) is 0. The third-order valence-electron chi connectivity index (χ3n) is 4.10. The summed E-state index contributed by atoms with van der Waals surface area (Å²) in [7, 11) is -1.29. The molecule has 1 aromatic carbocycles. The Hall–Kier alpha value is -1.76. The van der Waals surface area contributed by atoms with Crippen LogP contribution in [0.5, 0.6) is 5.75 Å². The molecule has 1 aliphatic heterocycles. The number of fused-ring (bicyclic) bond motifs is 1. The van der Waals surface area contributed by atoms with Gasteiger partial charge in [-0.05, 0) is 30.9 Å². The molecular weight excluding hydrogens is 292 g/mol. The number of sulfone groups is 1. The molecule has 0 spiro atoms. The Morgan fingerprint density at radius 2 is 2.05 bits per heavy atom. The lowest BCUT2D eigenvalue weighted by molar-refractivity contribution is 0.402. The van der Waals surface area contributed by atoms with Crippen molar-refractivity contribution in [2.75, 3.05) is 18.6 Å². The number of benzene rings is 1. The van der Waals surface area contributed by atoms with Crippen molar-refractivity contribution in [1.29, 1.82) is 0 Å². The molecule has 0 amide bonds. The summed E-state index contributed by atoms with van der Waals surface area (Å²) in [5.74, 6) is 1.36. The molecule has 2 aromatic rings. The van der Waals surface area contributed by atoms with Gasteiger partial charge in [0.25, 0.3) is 0 Å². The molecule has 6 nitrogen and oxygen atoms in total. The molecule has 1 aliphatic rings. The van der Waals surface area contributed by atoms with Gasteiger partial charge in [-0.2, -0.15) is 0 Å². The Balaban J connectivity index is 1.90. The van der Waals surface area contributed by atoms with E-state index < -0.39 is 9.84 Å². The third-order valence-corrected chi connectivity index (χ3v) is 5.81. The zero-order valence-corrected chi connectivity index (χ0v) is 12.6.